The molecule has 0 bridgehead atoms. The highest BCUT2D eigenvalue weighted by Crippen LogP contribution is 2.12. The number of carbonyl (C=O) groups is 4. The van der Waals surface area contributed by atoms with E-state index in [0.717, 1.165) is 12.2 Å². The number of esters is 3. The lowest BCUT2D eigenvalue weighted by molar-refractivity contribution is -0.145. The van der Waals surface area contributed by atoms with Crippen molar-refractivity contribution < 1.29 is 38.5 Å². The molecule has 0 aromatic heterocycles. The van der Waals surface area contributed by atoms with Crippen molar-refractivity contribution in [1.29, 1.82) is 0 Å². The van der Waals surface area contributed by atoms with E-state index in [9.17, 15) is 19.2 Å². The van der Waals surface area contributed by atoms with Crippen LogP contribution in [0.5, 0.6) is 0 Å². The number of carbonyl (C=O) groups excluding carboxylic acids is 3. The lowest BCUT2D eigenvalue weighted by Gasteiger charge is -2.17. The van der Waals surface area contributed by atoms with Gasteiger partial charge in [-0.1, -0.05) is 25.3 Å². The van der Waals surface area contributed by atoms with E-state index in [-0.39, 0.29) is 37.2 Å². The molecule has 0 radical (unpaired) electrons. The number of benzene rings is 1. The molecule has 0 aliphatic heterocycles. The SMILES string of the molecule is C=CC(=O)OCCC(CCOC(=O)c1ccccc1C(=O)O)OC(=O)C=C. The first-order valence-corrected chi connectivity index (χ1v) is 8.00. The lowest BCUT2D eigenvalue weighted by Crippen LogP contribution is -2.22. The van der Waals surface area contributed by atoms with Crippen molar-refractivity contribution in [3.63, 3.8) is 0 Å². The molecule has 1 aromatic rings. The minimum absolute atomic E-state index is 0.0181. The van der Waals surface area contributed by atoms with Crippen molar-refractivity contribution in [1.82, 2.24) is 0 Å². The molecule has 1 rings (SSSR count). The van der Waals surface area contributed by atoms with Crippen LogP contribution in [0.2, 0.25) is 0 Å². The summed E-state index contributed by atoms with van der Waals surface area (Å²) in [6, 6.07) is 5.65. The zero-order chi connectivity index (χ0) is 20.2. The highest BCUT2D eigenvalue weighted by Gasteiger charge is 2.19. The van der Waals surface area contributed by atoms with E-state index in [1.54, 1.807) is 0 Å². The lowest BCUT2D eigenvalue weighted by atomic mass is 10.1. The third kappa shape index (κ3) is 7.55. The van der Waals surface area contributed by atoms with Crippen LogP contribution in [0.15, 0.2) is 49.6 Å². The molecule has 1 aromatic carbocycles. The van der Waals surface area contributed by atoms with Gasteiger partial charge in [0.2, 0.25) is 0 Å². The van der Waals surface area contributed by atoms with Crippen LogP contribution in [-0.4, -0.2) is 48.3 Å². The first-order valence-electron chi connectivity index (χ1n) is 8.00. The monoisotopic (exact) mass is 376 g/mol. The van der Waals surface area contributed by atoms with Crippen LogP contribution in [0.1, 0.15) is 33.6 Å². The molecular formula is C19H20O8. The summed E-state index contributed by atoms with van der Waals surface area (Å²) >= 11 is 0. The second kappa shape index (κ2) is 11.2. The fourth-order valence-corrected chi connectivity index (χ4v) is 2.03. The van der Waals surface area contributed by atoms with Gasteiger partial charge >= 0.3 is 23.9 Å². The largest absolute Gasteiger partial charge is 0.478 e. The van der Waals surface area contributed by atoms with Crippen molar-refractivity contribution in [2.45, 2.75) is 18.9 Å². The van der Waals surface area contributed by atoms with Crippen LogP contribution in [0.3, 0.4) is 0 Å². The van der Waals surface area contributed by atoms with Crippen LogP contribution in [0, 0.1) is 0 Å². The molecule has 0 amide bonds. The summed E-state index contributed by atoms with van der Waals surface area (Å²) in [6.45, 7) is 6.41. The summed E-state index contributed by atoms with van der Waals surface area (Å²) in [5, 5.41) is 9.09. The van der Waals surface area contributed by atoms with Crippen molar-refractivity contribution in [2.75, 3.05) is 13.2 Å². The Morgan fingerprint density at radius 2 is 1.48 bits per heavy atom. The predicted molar refractivity (Wildman–Crippen MR) is 94.2 cm³/mol. The highest BCUT2D eigenvalue weighted by atomic mass is 16.6. The van der Waals surface area contributed by atoms with E-state index in [1.807, 2.05) is 0 Å². The molecule has 1 atom stereocenters. The Labute approximate surface area is 156 Å². The van der Waals surface area contributed by atoms with Crippen molar-refractivity contribution in [2.24, 2.45) is 0 Å². The average molecular weight is 376 g/mol. The number of carboxylic acid groups (broad SMARTS) is 1. The van der Waals surface area contributed by atoms with E-state index < -0.39 is 30.0 Å². The maximum absolute atomic E-state index is 12.1. The van der Waals surface area contributed by atoms with Gasteiger partial charge in [0.1, 0.15) is 6.10 Å². The van der Waals surface area contributed by atoms with Crippen LogP contribution in [-0.2, 0) is 23.8 Å². The van der Waals surface area contributed by atoms with Gasteiger partial charge in [0.05, 0.1) is 24.3 Å². The molecule has 0 saturated carbocycles. The Morgan fingerprint density at radius 1 is 0.926 bits per heavy atom. The van der Waals surface area contributed by atoms with Crippen molar-refractivity contribution >= 4 is 23.9 Å². The van der Waals surface area contributed by atoms with Gasteiger partial charge in [-0.05, 0) is 12.1 Å². The fourth-order valence-electron chi connectivity index (χ4n) is 2.03. The van der Waals surface area contributed by atoms with E-state index in [0.29, 0.717) is 0 Å². The van der Waals surface area contributed by atoms with E-state index >= 15 is 0 Å². The van der Waals surface area contributed by atoms with Crippen molar-refractivity contribution in [3.05, 3.63) is 60.7 Å². The van der Waals surface area contributed by atoms with Gasteiger partial charge in [-0.15, -0.1) is 0 Å². The number of aromatic carboxylic acids is 1. The van der Waals surface area contributed by atoms with Gasteiger partial charge in [0, 0.05) is 25.0 Å². The van der Waals surface area contributed by atoms with E-state index in [4.69, 9.17) is 19.3 Å². The molecule has 1 N–H and O–H groups in total. The van der Waals surface area contributed by atoms with Gasteiger partial charge in [-0.2, -0.15) is 0 Å². The maximum atomic E-state index is 12.1. The summed E-state index contributed by atoms with van der Waals surface area (Å²) in [5.41, 5.74) is -0.252. The first kappa shape index (κ1) is 21.6. The molecule has 0 aliphatic rings. The number of carboxylic acids is 1. The molecule has 8 nitrogen and oxygen atoms in total. The Morgan fingerprint density at radius 3 is 2.04 bits per heavy atom. The predicted octanol–water partition coefficient (Wildman–Crippen LogP) is 2.15. The van der Waals surface area contributed by atoms with Crippen LogP contribution >= 0.6 is 0 Å². The molecular weight excluding hydrogens is 356 g/mol. The average Bonchev–Trinajstić information content (AvgIpc) is 2.67. The second-order valence-corrected chi connectivity index (χ2v) is 5.20. The fraction of sp³-hybridized carbons (Fsp3) is 0.263. The number of hydrogen-bond acceptors (Lipinski definition) is 7. The molecule has 0 aliphatic carbocycles. The summed E-state index contributed by atoms with van der Waals surface area (Å²) in [5.74, 6) is -3.33. The Balaban J connectivity index is 2.61. The number of rotatable bonds is 11. The number of ether oxygens (including phenoxy) is 3. The maximum Gasteiger partial charge on any atom is 0.339 e. The van der Waals surface area contributed by atoms with E-state index in [2.05, 4.69) is 13.2 Å². The Hall–Kier alpha value is -3.42. The topological polar surface area (TPSA) is 116 Å². The van der Waals surface area contributed by atoms with Crippen LogP contribution < -0.4 is 0 Å². The molecule has 0 spiro atoms. The molecule has 0 heterocycles. The van der Waals surface area contributed by atoms with Crippen molar-refractivity contribution in [3.8, 4) is 0 Å². The molecule has 8 heteroatoms. The third-order valence-corrected chi connectivity index (χ3v) is 3.35. The second-order valence-electron chi connectivity index (χ2n) is 5.20. The normalized spacial score (nSPS) is 11.0. The van der Waals surface area contributed by atoms with Crippen LogP contribution in [0.25, 0.3) is 0 Å². The zero-order valence-electron chi connectivity index (χ0n) is 14.6. The Bertz CT molecular complexity index is 722. The van der Waals surface area contributed by atoms with Gasteiger partial charge in [-0.3, -0.25) is 0 Å². The summed E-state index contributed by atoms with van der Waals surface area (Å²) in [4.78, 5) is 45.6. The van der Waals surface area contributed by atoms with E-state index in [1.165, 1.54) is 24.3 Å². The smallest absolute Gasteiger partial charge is 0.339 e. The standard InChI is InChI=1S/C19H20O8/c1-3-16(20)25-11-9-13(27-17(21)4-2)10-12-26-19(24)15-8-6-5-7-14(15)18(22)23/h3-8,13H,1-2,9-12H2,(H,22,23). The highest BCUT2D eigenvalue weighted by molar-refractivity contribution is 6.02. The van der Waals surface area contributed by atoms with Crippen LogP contribution in [0.4, 0.5) is 0 Å². The Kier molecular flexibility index (Phi) is 9.01. The molecule has 27 heavy (non-hydrogen) atoms. The van der Waals surface area contributed by atoms with Gasteiger partial charge in [0.15, 0.2) is 0 Å². The zero-order valence-corrected chi connectivity index (χ0v) is 14.6. The molecule has 0 fully saturated rings. The first-order chi connectivity index (χ1) is 12.9. The summed E-state index contributed by atoms with van der Waals surface area (Å²) < 4.78 is 15.0. The number of hydrogen-bond donors (Lipinski definition) is 1. The van der Waals surface area contributed by atoms with Gasteiger partial charge < -0.3 is 19.3 Å². The summed E-state index contributed by atoms with van der Waals surface area (Å²) in [7, 11) is 0. The summed E-state index contributed by atoms with van der Waals surface area (Å²) in [6.07, 6.45) is 1.62. The minimum Gasteiger partial charge on any atom is -0.478 e. The van der Waals surface area contributed by atoms with Gasteiger partial charge in [0.25, 0.3) is 0 Å². The molecule has 0 saturated heterocycles. The van der Waals surface area contributed by atoms with Gasteiger partial charge in [-0.25, -0.2) is 19.2 Å². The minimum atomic E-state index is -1.25. The quantitative estimate of drug-likeness (QED) is 0.355. The molecule has 144 valence electrons. The third-order valence-electron chi connectivity index (χ3n) is 3.35. The molecule has 1 unspecified atom stereocenters.